The molecule has 98 valence electrons. The molecule has 0 radical (unpaired) electrons. The Bertz CT molecular complexity index is 638. The Morgan fingerprint density at radius 3 is 2.89 bits per heavy atom. The maximum atomic E-state index is 13.4. The highest BCUT2D eigenvalue weighted by Crippen LogP contribution is 2.25. The van der Waals surface area contributed by atoms with E-state index >= 15 is 0 Å². The summed E-state index contributed by atoms with van der Waals surface area (Å²) in [5, 5.41) is 3.29. The molecule has 0 amide bonds. The van der Waals surface area contributed by atoms with Crippen LogP contribution in [0.2, 0.25) is 0 Å². The molecule has 1 aliphatic heterocycles. The summed E-state index contributed by atoms with van der Waals surface area (Å²) in [5.74, 6) is 0.386. The Kier molecular flexibility index (Phi) is 3.03. The Hall–Kier alpha value is -1.81. The van der Waals surface area contributed by atoms with Gasteiger partial charge in [-0.2, -0.15) is 0 Å². The number of nitrogens with zero attached hydrogens (tertiary/aromatic N) is 2. The average molecular weight is 257 g/mol. The maximum absolute atomic E-state index is 13.4. The summed E-state index contributed by atoms with van der Waals surface area (Å²) in [4.78, 5) is 9.21. The van der Waals surface area contributed by atoms with E-state index in [0.29, 0.717) is 5.82 Å². The molecule has 1 N–H and O–H groups in total. The van der Waals surface area contributed by atoms with Crippen LogP contribution in [0, 0.1) is 12.7 Å². The highest BCUT2D eigenvalue weighted by molar-refractivity contribution is 5.60. The van der Waals surface area contributed by atoms with Crippen molar-refractivity contribution in [3.05, 3.63) is 46.5 Å². The van der Waals surface area contributed by atoms with E-state index in [1.807, 2.05) is 6.92 Å². The van der Waals surface area contributed by atoms with Gasteiger partial charge in [0.2, 0.25) is 0 Å². The van der Waals surface area contributed by atoms with Gasteiger partial charge in [-0.25, -0.2) is 14.4 Å². The van der Waals surface area contributed by atoms with Crippen molar-refractivity contribution < 1.29 is 4.39 Å². The van der Waals surface area contributed by atoms with Crippen LogP contribution in [0.1, 0.15) is 29.4 Å². The highest BCUT2D eigenvalue weighted by Gasteiger charge is 2.19. The van der Waals surface area contributed by atoms with Crippen LogP contribution in [-0.2, 0) is 19.5 Å². The van der Waals surface area contributed by atoms with Gasteiger partial charge in [-0.1, -0.05) is 13.0 Å². The van der Waals surface area contributed by atoms with Crippen LogP contribution >= 0.6 is 0 Å². The van der Waals surface area contributed by atoms with E-state index in [9.17, 15) is 4.39 Å². The Morgan fingerprint density at radius 1 is 1.26 bits per heavy atom. The van der Waals surface area contributed by atoms with Crippen molar-refractivity contribution in [3.63, 3.8) is 0 Å². The fourth-order valence-electron chi connectivity index (χ4n) is 2.49. The zero-order valence-corrected chi connectivity index (χ0v) is 11.1. The van der Waals surface area contributed by atoms with E-state index in [4.69, 9.17) is 0 Å². The molecule has 0 bridgehead atoms. The van der Waals surface area contributed by atoms with Crippen molar-refractivity contribution in [2.24, 2.45) is 0 Å². The molecule has 0 saturated heterocycles. The van der Waals surface area contributed by atoms with Crippen molar-refractivity contribution in [1.29, 1.82) is 0 Å². The molecule has 1 aromatic carbocycles. The molecular formula is C15H16FN3. The minimum Gasteiger partial charge on any atom is -0.307 e. The number of halogens is 1. The summed E-state index contributed by atoms with van der Waals surface area (Å²) in [6, 6.07) is 4.75. The molecule has 3 nitrogen and oxygen atoms in total. The van der Waals surface area contributed by atoms with E-state index < -0.39 is 0 Å². The monoisotopic (exact) mass is 257 g/mol. The topological polar surface area (TPSA) is 37.8 Å². The van der Waals surface area contributed by atoms with Crippen LogP contribution in [0.4, 0.5) is 4.39 Å². The summed E-state index contributed by atoms with van der Waals surface area (Å²) in [6.45, 7) is 5.64. The highest BCUT2D eigenvalue weighted by atomic mass is 19.1. The first-order valence-corrected chi connectivity index (χ1v) is 6.55. The predicted octanol–water partition coefficient (Wildman–Crippen LogP) is 2.76. The summed E-state index contributed by atoms with van der Waals surface area (Å²) in [7, 11) is 0. The second-order valence-corrected chi connectivity index (χ2v) is 4.84. The first kappa shape index (κ1) is 12.2. The average Bonchev–Trinajstić information content (AvgIpc) is 2.88. The first-order chi connectivity index (χ1) is 9.19. The predicted molar refractivity (Wildman–Crippen MR) is 72.1 cm³/mol. The minimum atomic E-state index is -0.249. The van der Waals surface area contributed by atoms with Crippen molar-refractivity contribution in [1.82, 2.24) is 15.3 Å². The third-order valence-electron chi connectivity index (χ3n) is 3.55. The van der Waals surface area contributed by atoms with Gasteiger partial charge in [-0.3, -0.25) is 0 Å². The van der Waals surface area contributed by atoms with Gasteiger partial charge in [0.25, 0.3) is 0 Å². The lowest BCUT2D eigenvalue weighted by Crippen LogP contribution is -2.03. The number of hydrogen-bond acceptors (Lipinski definition) is 3. The number of benzene rings is 1. The van der Waals surface area contributed by atoms with Crippen LogP contribution in [0.5, 0.6) is 0 Å². The summed E-state index contributed by atoms with van der Waals surface area (Å²) >= 11 is 0. The van der Waals surface area contributed by atoms with Crippen LogP contribution in [0.25, 0.3) is 11.4 Å². The van der Waals surface area contributed by atoms with Crippen molar-refractivity contribution in [2.75, 3.05) is 0 Å². The van der Waals surface area contributed by atoms with Gasteiger partial charge in [0, 0.05) is 29.9 Å². The van der Waals surface area contributed by atoms with E-state index in [-0.39, 0.29) is 5.82 Å². The fraction of sp³-hybridized carbons (Fsp3) is 0.333. The lowest BCUT2D eigenvalue weighted by Gasteiger charge is -2.10. The number of nitrogens with one attached hydrogen (secondary N) is 1. The van der Waals surface area contributed by atoms with Crippen LogP contribution in [-0.4, -0.2) is 9.97 Å². The second kappa shape index (κ2) is 4.70. The molecule has 0 unspecified atom stereocenters. The zero-order valence-electron chi connectivity index (χ0n) is 11.1. The van der Waals surface area contributed by atoms with Gasteiger partial charge in [-0.05, 0) is 31.0 Å². The molecule has 2 aromatic rings. The molecule has 4 heteroatoms. The standard InChI is InChI=1S/C15H16FN3/c1-3-13-12-7-17-8-14(12)19-15(18-13)11-6-10(16)5-4-9(11)2/h4-6,17H,3,7-8H2,1-2H3. The van der Waals surface area contributed by atoms with Gasteiger partial charge < -0.3 is 5.32 Å². The molecular weight excluding hydrogens is 241 g/mol. The number of hydrogen-bond donors (Lipinski definition) is 1. The molecule has 0 spiro atoms. The summed E-state index contributed by atoms with van der Waals surface area (Å²) in [6.07, 6.45) is 0.869. The van der Waals surface area contributed by atoms with Gasteiger partial charge in [0.1, 0.15) is 5.82 Å². The molecule has 1 aliphatic rings. The Balaban J connectivity index is 2.18. The molecule has 2 heterocycles. The lowest BCUT2D eigenvalue weighted by molar-refractivity contribution is 0.627. The van der Waals surface area contributed by atoms with Crippen LogP contribution < -0.4 is 5.32 Å². The molecule has 1 aromatic heterocycles. The van der Waals surface area contributed by atoms with E-state index in [0.717, 1.165) is 42.0 Å². The Labute approximate surface area is 111 Å². The molecule has 0 saturated carbocycles. The summed E-state index contributed by atoms with van der Waals surface area (Å²) < 4.78 is 13.4. The molecule has 0 fully saturated rings. The van der Waals surface area contributed by atoms with Gasteiger partial charge >= 0.3 is 0 Å². The van der Waals surface area contributed by atoms with E-state index in [1.165, 1.54) is 17.7 Å². The van der Waals surface area contributed by atoms with Crippen molar-refractivity contribution in [3.8, 4) is 11.4 Å². The van der Waals surface area contributed by atoms with Crippen molar-refractivity contribution in [2.45, 2.75) is 33.4 Å². The lowest BCUT2D eigenvalue weighted by atomic mass is 10.1. The third-order valence-corrected chi connectivity index (χ3v) is 3.55. The zero-order chi connectivity index (χ0) is 13.4. The van der Waals surface area contributed by atoms with Crippen molar-refractivity contribution >= 4 is 0 Å². The van der Waals surface area contributed by atoms with Crippen LogP contribution in [0.15, 0.2) is 18.2 Å². The molecule has 3 rings (SSSR count). The Morgan fingerprint density at radius 2 is 2.11 bits per heavy atom. The quantitative estimate of drug-likeness (QED) is 0.899. The number of fused-ring (bicyclic) bond motifs is 1. The SMILES string of the molecule is CCc1nc(-c2cc(F)ccc2C)nc2c1CNC2. The molecule has 0 atom stereocenters. The minimum absolute atomic E-state index is 0.249. The number of rotatable bonds is 2. The van der Waals surface area contributed by atoms with E-state index in [2.05, 4.69) is 22.2 Å². The van der Waals surface area contributed by atoms with E-state index in [1.54, 1.807) is 6.07 Å². The second-order valence-electron chi connectivity index (χ2n) is 4.84. The maximum Gasteiger partial charge on any atom is 0.160 e. The molecule has 19 heavy (non-hydrogen) atoms. The number of aromatic nitrogens is 2. The number of aryl methyl sites for hydroxylation is 2. The first-order valence-electron chi connectivity index (χ1n) is 6.55. The van der Waals surface area contributed by atoms with Gasteiger partial charge in [-0.15, -0.1) is 0 Å². The fourth-order valence-corrected chi connectivity index (χ4v) is 2.49. The van der Waals surface area contributed by atoms with Gasteiger partial charge in [0.05, 0.1) is 5.69 Å². The normalized spacial score (nSPS) is 13.6. The summed E-state index contributed by atoms with van der Waals surface area (Å²) in [5.41, 5.74) is 5.10. The smallest absolute Gasteiger partial charge is 0.160 e. The largest absolute Gasteiger partial charge is 0.307 e. The van der Waals surface area contributed by atoms with Crippen LogP contribution in [0.3, 0.4) is 0 Å². The third kappa shape index (κ3) is 2.12. The van der Waals surface area contributed by atoms with Gasteiger partial charge in [0.15, 0.2) is 5.82 Å². The molecule has 0 aliphatic carbocycles.